The standard InChI is InChI=1S/C26H27N3O2/c1-16-22-23(17-9-8-12-19(13-17)31-4)24-20(14-26(2,3)15-21(24)30)27-25(22)29(28-16)18-10-6-5-7-11-18/h5-13,23,27H,14-15H2,1-4H3/t23-/m0/s1. The SMILES string of the molecule is COc1cccc([C@@H]2C3=C(CC(C)(C)CC3=O)Nc3c2c(C)nn3-c2ccccc2)c1. The van der Waals surface area contributed by atoms with Crippen LogP contribution >= 0.6 is 0 Å². The Morgan fingerprint density at radius 3 is 2.61 bits per heavy atom. The minimum atomic E-state index is -0.164. The Bertz CT molecular complexity index is 1200. The highest BCUT2D eigenvalue weighted by atomic mass is 16.5. The van der Waals surface area contributed by atoms with Crippen LogP contribution in [-0.2, 0) is 4.79 Å². The lowest BCUT2D eigenvalue weighted by molar-refractivity contribution is -0.118. The van der Waals surface area contributed by atoms with E-state index in [-0.39, 0.29) is 17.1 Å². The molecule has 0 saturated carbocycles. The predicted octanol–water partition coefficient (Wildman–Crippen LogP) is 5.39. The Morgan fingerprint density at radius 1 is 1.10 bits per heavy atom. The summed E-state index contributed by atoms with van der Waals surface area (Å²) in [4.78, 5) is 13.4. The number of aromatic nitrogens is 2. The van der Waals surface area contributed by atoms with E-state index in [1.54, 1.807) is 7.11 Å². The monoisotopic (exact) mass is 413 g/mol. The molecule has 1 aliphatic heterocycles. The van der Waals surface area contributed by atoms with Crippen molar-refractivity contribution in [1.29, 1.82) is 0 Å². The summed E-state index contributed by atoms with van der Waals surface area (Å²) >= 11 is 0. The van der Waals surface area contributed by atoms with Crippen molar-refractivity contribution < 1.29 is 9.53 Å². The first-order valence-electron chi connectivity index (χ1n) is 10.7. The molecule has 5 rings (SSSR count). The normalized spacial score (nSPS) is 19.5. The first-order chi connectivity index (χ1) is 14.9. The number of anilines is 1. The Kier molecular flexibility index (Phi) is 4.50. The van der Waals surface area contributed by atoms with Crippen molar-refractivity contribution in [2.75, 3.05) is 12.4 Å². The second-order valence-electron chi connectivity index (χ2n) is 9.26. The van der Waals surface area contributed by atoms with Crippen molar-refractivity contribution in [3.8, 4) is 11.4 Å². The number of Topliss-reactive ketones (excluding diaryl/α,β-unsaturated/α-hetero) is 1. The maximum Gasteiger partial charge on any atom is 0.162 e. The van der Waals surface area contributed by atoms with Crippen molar-refractivity contribution in [3.63, 3.8) is 0 Å². The van der Waals surface area contributed by atoms with E-state index in [9.17, 15) is 4.79 Å². The molecule has 1 atom stereocenters. The fraction of sp³-hybridized carbons (Fsp3) is 0.308. The van der Waals surface area contributed by atoms with Gasteiger partial charge in [0.05, 0.1) is 18.5 Å². The number of nitrogens with one attached hydrogen (secondary N) is 1. The number of nitrogens with zero attached hydrogens (tertiary/aromatic N) is 2. The molecule has 0 spiro atoms. The van der Waals surface area contributed by atoms with Gasteiger partial charge in [0.2, 0.25) is 0 Å². The first-order valence-corrected chi connectivity index (χ1v) is 10.7. The Labute approximate surface area is 182 Å². The van der Waals surface area contributed by atoms with Crippen LogP contribution < -0.4 is 10.1 Å². The van der Waals surface area contributed by atoms with Gasteiger partial charge in [0.15, 0.2) is 5.78 Å². The van der Waals surface area contributed by atoms with Gasteiger partial charge in [0.1, 0.15) is 11.6 Å². The number of ketones is 1. The first kappa shape index (κ1) is 19.6. The van der Waals surface area contributed by atoms with Gasteiger partial charge in [-0.2, -0.15) is 5.10 Å². The molecule has 31 heavy (non-hydrogen) atoms. The van der Waals surface area contributed by atoms with Crippen molar-refractivity contribution in [1.82, 2.24) is 9.78 Å². The molecule has 1 N–H and O–H groups in total. The van der Waals surface area contributed by atoms with Gasteiger partial charge >= 0.3 is 0 Å². The molecule has 3 aromatic rings. The maximum absolute atomic E-state index is 13.4. The average molecular weight is 414 g/mol. The molecule has 0 unspecified atom stereocenters. The number of benzene rings is 2. The number of carbonyl (C=O) groups excluding carboxylic acids is 1. The fourth-order valence-corrected chi connectivity index (χ4v) is 4.98. The molecule has 1 aromatic heterocycles. The fourth-order valence-electron chi connectivity index (χ4n) is 4.98. The summed E-state index contributed by atoms with van der Waals surface area (Å²) in [5.41, 5.74) is 5.83. The second kappa shape index (κ2) is 7.12. The molecule has 2 aromatic carbocycles. The third kappa shape index (κ3) is 3.25. The van der Waals surface area contributed by atoms with E-state index in [0.29, 0.717) is 6.42 Å². The molecule has 1 aliphatic carbocycles. The highest BCUT2D eigenvalue weighted by Crippen LogP contribution is 2.50. The lowest BCUT2D eigenvalue weighted by atomic mass is 9.69. The van der Waals surface area contributed by atoms with Crippen molar-refractivity contribution in [2.45, 2.75) is 39.5 Å². The largest absolute Gasteiger partial charge is 0.497 e. The zero-order valence-corrected chi connectivity index (χ0v) is 18.4. The smallest absolute Gasteiger partial charge is 0.162 e. The van der Waals surface area contributed by atoms with Gasteiger partial charge in [-0.1, -0.05) is 44.2 Å². The highest BCUT2D eigenvalue weighted by molar-refractivity contribution is 6.01. The highest BCUT2D eigenvalue weighted by Gasteiger charge is 2.43. The number of aryl methyl sites for hydroxylation is 1. The van der Waals surface area contributed by atoms with E-state index in [4.69, 9.17) is 9.84 Å². The predicted molar refractivity (Wildman–Crippen MR) is 122 cm³/mol. The molecule has 158 valence electrons. The van der Waals surface area contributed by atoms with Gasteiger partial charge < -0.3 is 10.1 Å². The minimum Gasteiger partial charge on any atom is -0.497 e. The third-order valence-corrected chi connectivity index (χ3v) is 6.30. The van der Waals surface area contributed by atoms with E-state index < -0.39 is 0 Å². The molecular weight excluding hydrogens is 386 g/mol. The Morgan fingerprint density at radius 2 is 1.87 bits per heavy atom. The summed E-state index contributed by atoms with van der Waals surface area (Å²) in [5, 5.41) is 8.51. The van der Waals surface area contributed by atoms with Crippen molar-refractivity contribution >= 4 is 11.6 Å². The van der Waals surface area contributed by atoms with E-state index in [1.807, 2.05) is 48.0 Å². The molecule has 2 heterocycles. The second-order valence-corrected chi connectivity index (χ2v) is 9.26. The van der Waals surface area contributed by atoms with Crippen LogP contribution in [-0.4, -0.2) is 22.7 Å². The van der Waals surface area contributed by atoms with Gasteiger partial charge in [-0.05, 0) is 48.6 Å². The summed E-state index contributed by atoms with van der Waals surface area (Å²) in [7, 11) is 1.67. The molecule has 0 radical (unpaired) electrons. The van der Waals surface area contributed by atoms with Gasteiger partial charge in [-0.25, -0.2) is 4.68 Å². The van der Waals surface area contributed by atoms with Crippen LogP contribution in [0, 0.1) is 12.3 Å². The average Bonchev–Trinajstić information content (AvgIpc) is 3.08. The van der Waals surface area contributed by atoms with Gasteiger partial charge in [0, 0.05) is 29.2 Å². The lowest BCUT2D eigenvalue weighted by Gasteiger charge is -2.38. The number of carbonyl (C=O) groups is 1. The van der Waals surface area contributed by atoms with Crippen molar-refractivity contribution in [3.05, 3.63) is 82.7 Å². The number of ether oxygens (including phenoxy) is 1. The number of hydrogen-bond acceptors (Lipinski definition) is 4. The van der Waals surface area contributed by atoms with E-state index in [0.717, 1.165) is 51.8 Å². The summed E-state index contributed by atoms with van der Waals surface area (Å²) < 4.78 is 7.46. The number of hydrogen-bond donors (Lipinski definition) is 1. The van der Waals surface area contributed by atoms with E-state index in [1.165, 1.54) is 0 Å². The number of para-hydroxylation sites is 1. The van der Waals surface area contributed by atoms with E-state index in [2.05, 4.69) is 37.4 Å². The van der Waals surface area contributed by atoms with E-state index >= 15 is 0 Å². The zero-order chi connectivity index (χ0) is 21.8. The summed E-state index contributed by atoms with van der Waals surface area (Å²) in [6.45, 7) is 6.34. The molecule has 0 fully saturated rings. The van der Waals surface area contributed by atoms with Crippen LogP contribution in [0.25, 0.3) is 5.69 Å². The van der Waals surface area contributed by atoms with Crippen LogP contribution in [0.5, 0.6) is 5.75 Å². The topological polar surface area (TPSA) is 56.1 Å². The van der Waals surface area contributed by atoms with Gasteiger partial charge in [-0.15, -0.1) is 0 Å². The zero-order valence-electron chi connectivity index (χ0n) is 18.4. The maximum atomic E-state index is 13.4. The molecule has 0 saturated heterocycles. The summed E-state index contributed by atoms with van der Waals surface area (Å²) in [6, 6.07) is 18.2. The van der Waals surface area contributed by atoms with Crippen LogP contribution in [0.3, 0.4) is 0 Å². The molecule has 2 aliphatic rings. The molecule has 5 heteroatoms. The Balaban J connectivity index is 1.76. The van der Waals surface area contributed by atoms with Crippen LogP contribution in [0.15, 0.2) is 65.9 Å². The number of allylic oxidation sites excluding steroid dienone is 2. The van der Waals surface area contributed by atoms with Crippen LogP contribution in [0.1, 0.15) is 49.4 Å². The van der Waals surface area contributed by atoms with Gasteiger partial charge in [0.25, 0.3) is 0 Å². The minimum absolute atomic E-state index is 0.0774. The quantitative estimate of drug-likeness (QED) is 0.625. The van der Waals surface area contributed by atoms with Crippen molar-refractivity contribution in [2.24, 2.45) is 5.41 Å². The summed E-state index contributed by atoms with van der Waals surface area (Å²) in [5.74, 6) is 1.78. The molecule has 5 nitrogen and oxygen atoms in total. The molecular formula is C26H27N3O2. The molecule has 0 amide bonds. The van der Waals surface area contributed by atoms with Crippen LogP contribution in [0.2, 0.25) is 0 Å². The van der Waals surface area contributed by atoms with Crippen LogP contribution in [0.4, 0.5) is 5.82 Å². The Hall–Kier alpha value is -3.34. The van der Waals surface area contributed by atoms with Gasteiger partial charge in [-0.3, -0.25) is 4.79 Å². The summed E-state index contributed by atoms with van der Waals surface area (Å²) in [6.07, 6.45) is 1.38. The number of fused-ring (bicyclic) bond motifs is 1. The number of rotatable bonds is 3. The molecule has 0 bridgehead atoms. The lowest BCUT2D eigenvalue weighted by Crippen LogP contribution is -2.34. The third-order valence-electron chi connectivity index (χ3n) is 6.30. The number of methoxy groups -OCH3 is 1.